The summed E-state index contributed by atoms with van der Waals surface area (Å²) in [5.41, 5.74) is 3.46. The van der Waals surface area contributed by atoms with E-state index >= 15 is 0 Å². The summed E-state index contributed by atoms with van der Waals surface area (Å²) in [7, 11) is 1.64. The number of alkyl halides is 1. The number of piperidine rings is 1. The molecular weight excluding hydrogens is 554 g/mol. The van der Waals surface area contributed by atoms with Crippen LogP contribution in [0.2, 0.25) is 0 Å². The van der Waals surface area contributed by atoms with E-state index in [0.717, 1.165) is 41.9 Å². The Labute approximate surface area is 237 Å². The summed E-state index contributed by atoms with van der Waals surface area (Å²) in [4.78, 5) is 28.0. The van der Waals surface area contributed by atoms with Gasteiger partial charge in [-0.25, -0.2) is 5.01 Å². The maximum absolute atomic E-state index is 13.9. The van der Waals surface area contributed by atoms with Crippen LogP contribution in [-0.2, 0) is 4.79 Å². The Balaban J connectivity index is 1.41. The second kappa shape index (κ2) is 11.0. The molecule has 3 aromatic carbocycles. The quantitative estimate of drug-likeness (QED) is 0.368. The third-order valence-electron chi connectivity index (χ3n) is 8.47. The van der Waals surface area contributed by atoms with Gasteiger partial charge in [0.25, 0.3) is 5.91 Å². The molecule has 1 saturated heterocycles. The van der Waals surface area contributed by atoms with Gasteiger partial charge in [0.1, 0.15) is 5.75 Å². The fourth-order valence-corrected chi connectivity index (χ4v) is 7.29. The lowest BCUT2D eigenvalue weighted by atomic mass is 9.64. The van der Waals surface area contributed by atoms with Gasteiger partial charge in [-0.15, -0.1) is 0 Å². The average Bonchev–Trinajstić information content (AvgIpc) is 3.42. The molecule has 2 heterocycles. The molecule has 6 unspecified atom stereocenters. The summed E-state index contributed by atoms with van der Waals surface area (Å²) in [6.07, 6.45) is 3.50. The molecule has 200 valence electrons. The van der Waals surface area contributed by atoms with Crippen molar-refractivity contribution in [1.29, 1.82) is 0 Å². The first-order valence-electron chi connectivity index (χ1n) is 13.6. The second-order valence-corrected chi connectivity index (χ2v) is 12.0. The number of rotatable bonds is 5. The molecule has 2 aliphatic heterocycles. The number of benzene rings is 3. The van der Waals surface area contributed by atoms with Gasteiger partial charge in [-0.05, 0) is 60.6 Å². The van der Waals surface area contributed by atoms with Crippen LogP contribution < -0.4 is 10.1 Å². The molecule has 1 saturated carbocycles. The van der Waals surface area contributed by atoms with Crippen molar-refractivity contribution >= 4 is 33.5 Å². The van der Waals surface area contributed by atoms with Gasteiger partial charge in [-0.2, -0.15) is 5.10 Å². The number of nitrogens with zero attached hydrogens (tertiary/aromatic N) is 2. The fraction of sp³-hybridized carbons (Fsp3) is 0.344. The van der Waals surface area contributed by atoms with Crippen LogP contribution in [0.4, 0.5) is 0 Å². The molecule has 3 aromatic rings. The average molecular weight is 587 g/mol. The van der Waals surface area contributed by atoms with Crippen molar-refractivity contribution in [3.05, 3.63) is 102 Å². The third-order valence-corrected chi connectivity index (χ3v) is 9.30. The molecule has 6 nitrogen and oxygen atoms in total. The number of halogens is 1. The lowest BCUT2D eigenvalue weighted by Gasteiger charge is -2.46. The zero-order valence-electron chi connectivity index (χ0n) is 21.9. The number of hydrogen-bond acceptors (Lipinski definition) is 4. The number of hydrogen-bond donors (Lipinski definition) is 1. The molecule has 0 spiro atoms. The minimum atomic E-state index is -0.444. The Morgan fingerprint density at radius 3 is 2.33 bits per heavy atom. The molecule has 2 amide bonds. The van der Waals surface area contributed by atoms with Crippen LogP contribution >= 0.6 is 15.9 Å². The topological polar surface area (TPSA) is 71.0 Å². The number of hydrazone groups is 1. The van der Waals surface area contributed by atoms with Gasteiger partial charge < -0.3 is 10.1 Å². The summed E-state index contributed by atoms with van der Waals surface area (Å²) >= 11 is 3.87. The number of carbonyl (C=O) groups is 2. The van der Waals surface area contributed by atoms with Crippen LogP contribution in [0.15, 0.2) is 90.0 Å². The van der Waals surface area contributed by atoms with E-state index in [4.69, 9.17) is 9.84 Å². The number of ether oxygens (including phenoxy) is 1. The largest absolute Gasteiger partial charge is 0.497 e. The normalized spacial score (nSPS) is 28.3. The maximum atomic E-state index is 13.9. The first-order chi connectivity index (χ1) is 19.0. The van der Waals surface area contributed by atoms with E-state index in [9.17, 15) is 9.59 Å². The van der Waals surface area contributed by atoms with Gasteiger partial charge in [0.2, 0.25) is 5.91 Å². The van der Waals surface area contributed by atoms with Crippen LogP contribution in [0, 0.1) is 11.8 Å². The van der Waals surface area contributed by atoms with Crippen LogP contribution in [0.5, 0.6) is 5.75 Å². The van der Waals surface area contributed by atoms with E-state index in [0.29, 0.717) is 16.8 Å². The summed E-state index contributed by atoms with van der Waals surface area (Å²) in [6.45, 7) is 0. The predicted molar refractivity (Wildman–Crippen MR) is 155 cm³/mol. The van der Waals surface area contributed by atoms with Crippen LogP contribution in [-0.4, -0.2) is 40.5 Å². The zero-order valence-corrected chi connectivity index (χ0v) is 23.5. The minimum absolute atomic E-state index is 0.00709. The van der Waals surface area contributed by atoms with Gasteiger partial charge in [-0.1, -0.05) is 76.6 Å². The van der Waals surface area contributed by atoms with Crippen molar-refractivity contribution < 1.29 is 14.3 Å². The van der Waals surface area contributed by atoms with Crippen molar-refractivity contribution in [3.63, 3.8) is 0 Å². The molecule has 7 heteroatoms. The number of carbonyl (C=O) groups excluding carboxylic acids is 2. The molecule has 3 aliphatic rings. The van der Waals surface area contributed by atoms with E-state index in [-0.39, 0.29) is 35.7 Å². The third kappa shape index (κ3) is 5.00. The first-order valence-corrected chi connectivity index (χ1v) is 14.5. The second-order valence-electron chi connectivity index (χ2n) is 10.7. The highest BCUT2D eigenvalue weighted by molar-refractivity contribution is 9.09. The molecule has 2 fully saturated rings. The summed E-state index contributed by atoms with van der Waals surface area (Å²) in [5.74, 6) is 0.430. The molecular formula is C32H32BrN3O3. The summed E-state index contributed by atoms with van der Waals surface area (Å²) < 4.78 is 5.36. The predicted octanol–water partition coefficient (Wildman–Crippen LogP) is 6.10. The lowest BCUT2D eigenvalue weighted by molar-refractivity contribution is -0.128. The monoisotopic (exact) mass is 585 g/mol. The Morgan fingerprint density at radius 1 is 0.949 bits per heavy atom. The van der Waals surface area contributed by atoms with Crippen molar-refractivity contribution in [2.45, 2.75) is 48.5 Å². The molecule has 6 rings (SSSR count). The smallest absolute Gasteiger partial charge is 0.274 e. The number of fused-ring (bicyclic) bond motifs is 1. The number of amides is 2. The van der Waals surface area contributed by atoms with Crippen molar-refractivity contribution in [2.24, 2.45) is 16.9 Å². The molecule has 1 aliphatic carbocycles. The Morgan fingerprint density at radius 2 is 1.64 bits per heavy atom. The summed E-state index contributed by atoms with van der Waals surface area (Å²) in [5, 5.41) is 9.90. The van der Waals surface area contributed by atoms with E-state index in [1.807, 2.05) is 72.8 Å². The van der Waals surface area contributed by atoms with Crippen LogP contribution in [0.25, 0.3) is 0 Å². The van der Waals surface area contributed by atoms with Gasteiger partial charge >= 0.3 is 0 Å². The first kappa shape index (κ1) is 25.8. The number of nitrogens with one attached hydrogen (secondary N) is 1. The van der Waals surface area contributed by atoms with Crippen LogP contribution in [0.1, 0.15) is 59.1 Å². The van der Waals surface area contributed by atoms with E-state index in [1.165, 1.54) is 0 Å². The van der Waals surface area contributed by atoms with E-state index in [2.05, 4.69) is 33.4 Å². The minimum Gasteiger partial charge on any atom is -0.497 e. The van der Waals surface area contributed by atoms with Gasteiger partial charge in [0, 0.05) is 28.8 Å². The zero-order chi connectivity index (χ0) is 26.9. The Bertz CT molecular complexity index is 1360. The van der Waals surface area contributed by atoms with Gasteiger partial charge in [0.15, 0.2) is 0 Å². The van der Waals surface area contributed by atoms with E-state index < -0.39 is 5.92 Å². The fourth-order valence-electron chi connectivity index (χ4n) is 6.59. The van der Waals surface area contributed by atoms with Crippen molar-refractivity contribution in [1.82, 2.24) is 10.3 Å². The lowest BCUT2D eigenvalue weighted by Crippen LogP contribution is -2.57. The molecule has 0 radical (unpaired) electrons. The SMILES string of the molecule is COc1ccc(C2CC(C3C(=O)NC4CCC(Br)CC4C3c3ccccc3)=NN2C(=O)c2ccccc2)cc1. The summed E-state index contributed by atoms with van der Waals surface area (Å²) in [6, 6.07) is 27.2. The molecule has 0 bridgehead atoms. The highest BCUT2D eigenvalue weighted by Gasteiger charge is 2.50. The van der Waals surface area contributed by atoms with Gasteiger partial charge in [0.05, 0.1) is 24.8 Å². The highest BCUT2D eigenvalue weighted by atomic mass is 79.9. The van der Waals surface area contributed by atoms with Crippen molar-refractivity contribution in [2.75, 3.05) is 7.11 Å². The molecule has 39 heavy (non-hydrogen) atoms. The standard InChI is InChI=1S/C32H32BrN3O3/c1-39-24-15-12-20(13-16-24)28-19-27(35-36(28)32(38)22-10-6-3-7-11-22)30-29(21-8-4-2-5-9-21)25-18-23(33)14-17-26(25)34-31(30)37/h2-13,15-16,23,25-26,28-30H,14,17-19H2,1H3,(H,34,37). The van der Waals surface area contributed by atoms with Crippen LogP contribution in [0.3, 0.4) is 0 Å². The molecule has 6 atom stereocenters. The Hall–Kier alpha value is -3.45. The number of methoxy groups -OCH3 is 1. The van der Waals surface area contributed by atoms with E-state index in [1.54, 1.807) is 12.1 Å². The molecule has 0 aromatic heterocycles. The maximum Gasteiger partial charge on any atom is 0.274 e. The molecule has 1 N–H and O–H groups in total. The Kier molecular flexibility index (Phi) is 7.26. The van der Waals surface area contributed by atoms with Crippen molar-refractivity contribution in [3.8, 4) is 5.75 Å². The van der Waals surface area contributed by atoms with Gasteiger partial charge in [-0.3, -0.25) is 9.59 Å². The highest BCUT2D eigenvalue weighted by Crippen LogP contribution is 2.48.